The Labute approximate surface area is 217 Å². The van der Waals surface area contributed by atoms with E-state index in [0.717, 1.165) is 57.8 Å². The number of Topliss-reactive ketones (excluding diaryl/α,β-unsaturated/α-hetero) is 1. The summed E-state index contributed by atoms with van der Waals surface area (Å²) in [5.41, 5.74) is -0.0136. The number of aromatic nitrogens is 2. The third kappa shape index (κ3) is 5.91. The molecule has 0 spiro atoms. The van der Waals surface area contributed by atoms with E-state index in [1.54, 1.807) is 37.3 Å². The fraction of sp³-hybridized carbons (Fsp3) is 0.643. The van der Waals surface area contributed by atoms with Crippen molar-refractivity contribution < 1.29 is 19.1 Å². The molecule has 1 aromatic heterocycles. The predicted molar refractivity (Wildman–Crippen MR) is 141 cm³/mol. The zero-order valence-electron chi connectivity index (χ0n) is 22.2. The number of aryl methyl sites for hydroxylation is 1. The topological polar surface area (TPSA) is 99.8 Å². The van der Waals surface area contributed by atoms with Gasteiger partial charge >= 0.3 is 11.8 Å². The number of methoxy groups -OCH3 is 2. The average molecular weight is 514 g/mol. The summed E-state index contributed by atoms with van der Waals surface area (Å²) in [6, 6.07) is 5.17. The number of rotatable bonds is 5. The normalized spacial score (nSPS) is 23.1. The largest absolute Gasteiger partial charge is 0.497 e. The fourth-order valence-corrected chi connectivity index (χ4v) is 6.08. The third-order valence-electron chi connectivity index (χ3n) is 8.29. The van der Waals surface area contributed by atoms with E-state index >= 15 is 0 Å². The molecule has 2 aromatic rings. The summed E-state index contributed by atoms with van der Waals surface area (Å²) in [5, 5.41) is 0.469. The van der Waals surface area contributed by atoms with Crippen LogP contribution < -0.4 is 16.0 Å². The standard InChI is InChI=1S/C28H39N3O6/c1-29-24-14-13-22(36-2)17-23(24)26(33)31(27(29)34)18-19-9-11-21(12-10-19)25(32)20-7-4-5-15-30(16-6-8-20)28(35)37-3/h13-14,17,19-21H,4-12,15-16,18H2,1-3H3. The van der Waals surface area contributed by atoms with Crippen LogP contribution in [0.3, 0.4) is 0 Å². The molecule has 1 aromatic carbocycles. The van der Waals surface area contributed by atoms with Gasteiger partial charge in [0.05, 0.1) is 25.1 Å². The molecule has 2 heterocycles. The van der Waals surface area contributed by atoms with Crippen molar-refractivity contribution in [1.29, 1.82) is 0 Å². The second-order valence-corrected chi connectivity index (χ2v) is 10.6. The Bertz CT molecular complexity index is 1240. The van der Waals surface area contributed by atoms with Gasteiger partial charge in [-0.05, 0) is 75.5 Å². The van der Waals surface area contributed by atoms with Crippen LogP contribution in [0.2, 0.25) is 0 Å². The highest BCUT2D eigenvalue weighted by atomic mass is 16.5. The molecule has 9 nitrogen and oxygen atoms in total. The van der Waals surface area contributed by atoms with Crippen molar-refractivity contribution in [3.8, 4) is 5.75 Å². The zero-order chi connectivity index (χ0) is 26.5. The lowest BCUT2D eigenvalue weighted by Crippen LogP contribution is -2.41. The summed E-state index contributed by atoms with van der Waals surface area (Å²) in [7, 11) is 4.64. The van der Waals surface area contributed by atoms with Crippen molar-refractivity contribution in [2.75, 3.05) is 27.3 Å². The SMILES string of the molecule is COC(=O)N1CCCCC(C(=O)C2CCC(Cn3c(=O)c4cc(OC)ccc4n(C)c3=O)CC2)CCC1. The van der Waals surface area contributed by atoms with E-state index in [1.807, 2.05) is 0 Å². The minimum absolute atomic E-state index is 0.0409. The molecule has 0 N–H and O–H groups in total. The molecule has 1 aliphatic heterocycles. The number of ketones is 1. The molecular weight excluding hydrogens is 474 g/mol. The van der Waals surface area contributed by atoms with Gasteiger partial charge in [-0.25, -0.2) is 9.59 Å². The molecule has 9 heteroatoms. The van der Waals surface area contributed by atoms with Gasteiger partial charge in [0.2, 0.25) is 0 Å². The summed E-state index contributed by atoms with van der Waals surface area (Å²) in [6.45, 7) is 1.68. The van der Waals surface area contributed by atoms with Crippen LogP contribution in [-0.2, 0) is 23.1 Å². The van der Waals surface area contributed by atoms with E-state index in [2.05, 4.69) is 0 Å². The van der Waals surface area contributed by atoms with E-state index in [-0.39, 0.29) is 35.1 Å². The summed E-state index contributed by atoms with van der Waals surface area (Å²) >= 11 is 0. The van der Waals surface area contributed by atoms with Crippen molar-refractivity contribution in [2.45, 2.75) is 64.3 Å². The molecule has 202 valence electrons. The van der Waals surface area contributed by atoms with Gasteiger partial charge in [-0.2, -0.15) is 0 Å². The lowest BCUT2D eigenvalue weighted by molar-refractivity contribution is -0.128. The number of carbonyl (C=O) groups excluding carboxylic acids is 2. The first-order chi connectivity index (χ1) is 17.8. The fourth-order valence-electron chi connectivity index (χ4n) is 6.08. The average Bonchev–Trinajstić information content (AvgIpc) is 3.05. The summed E-state index contributed by atoms with van der Waals surface area (Å²) in [4.78, 5) is 53.3. The van der Waals surface area contributed by atoms with Crippen molar-refractivity contribution in [1.82, 2.24) is 14.0 Å². The molecule has 0 bridgehead atoms. The summed E-state index contributed by atoms with van der Waals surface area (Å²) in [5.74, 6) is 1.21. The maximum absolute atomic E-state index is 13.4. The van der Waals surface area contributed by atoms with Crippen molar-refractivity contribution in [3.63, 3.8) is 0 Å². The predicted octanol–water partition coefficient (Wildman–Crippen LogP) is 3.73. The molecule has 1 amide bonds. The highest BCUT2D eigenvalue weighted by Gasteiger charge is 2.32. The van der Waals surface area contributed by atoms with Gasteiger partial charge in [0.15, 0.2) is 0 Å². The number of fused-ring (bicyclic) bond motifs is 1. The molecule has 1 atom stereocenters. The van der Waals surface area contributed by atoms with Crippen molar-refractivity contribution in [3.05, 3.63) is 39.0 Å². The second kappa shape index (κ2) is 12.0. The lowest BCUT2D eigenvalue weighted by atomic mass is 9.75. The van der Waals surface area contributed by atoms with Crippen LogP contribution in [-0.4, -0.2) is 53.2 Å². The zero-order valence-corrected chi connectivity index (χ0v) is 22.2. The quantitative estimate of drug-likeness (QED) is 0.604. The maximum atomic E-state index is 13.4. The smallest absolute Gasteiger partial charge is 0.409 e. The first-order valence-electron chi connectivity index (χ1n) is 13.5. The number of hydrogen-bond acceptors (Lipinski definition) is 6. The van der Waals surface area contributed by atoms with Crippen LogP contribution in [0.4, 0.5) is 4.79 Å². The molecule has 1 unspecified atom stereocenters. The Morgan fingerprint density at radius 1 is 0.919 bits per heavy atom. The van der Waals surface area contributed by atoms with Crippen LogP contribution in [0.5, 0.6) is 5.75 Å². The Morgan fingerprint density at radius 3 is 2.30 bits per heavy atom. The van der Waals surface area contributed by atoms with Gasteiger partial charge in [-0.3, -0.25) is 18.7 Å². The van der Waals surface area contributed by atoms with E-state index < -0.39 is 0 Å². The number of carbonyl (C=O) groups is 2. The molecule has 37 heavy (non-hydrogen) atoms. The first-order valence-corrected chi connectivity index (χ1v) is 13.5. The van der Waals surface area contributed by atoms with Crippen LogP contribution in [0.15, 0.2) is 27.8 Å². The van der Waals surface area contributed by atoms with Crippen molar-refractivity contribution in [2.24, 2.45) is 24.8 Å². The molecular formula is C28H39N3O6. The monoisotopic (exact) mass is 513 g/mol. The van der Waals surface area contributed by atoms with Gasteiger partial charge in [-0.15, -0.1) is 0 Å². The van der Waals surface area contributed by atoms with Crippen LogP contribution >= 0.6 is 0 Å². The number of hydrogen-bond donors (Lipinski definition) is 0. The molecule has 2 aliphatic rings. The highest BCUT2D eigenvalue weighted by Crippen LogP contribution is 2.34. The molecule has 1 saturated heterocycles. The molecule has 2 fully saturated rings. The number of ether oxygens (including phenoxy) is 2. The maximum Gasteiger partial charge on any atom is 0.409 e. The highest BCUT2D eigenvalue weighted by molar-refractivity contribution is 5.83. The number of nitrogens with zero attached hydrogens (tertiary/aromatic N) is 3. The van der Waals surface area contributed by atoms with E-state index in [9.17, 15) is 19.2 Å². The van der Waals surface area contributed by atoms with Crippen LogP contribution in [0, 0.1) is 17.8 Å². The Kier molecular flexibility index (Phi) is 8.71. The minimum Gasteiger partial charge on any atom is -0.497 e. The Morgan fingerprint density at radius 2 is 1.59 bits per heavy atom. The van der Waals surface area contributed by atoms with Crippen LogP contribution in [0.25, 0.3) is 10.9 Å². The van der Waals surface area contributed by atoms with E-state index in [4.69, 9.17) is 9.47 Å². The van der Waals surface area contributed by atoms with Gasteiger partial charge in [0.1, 0.15) is 11.5 Å². The Balaban J connectivity index is 1.38. The van der Waals surface area contributed by atoms with E-state index in [1.165, 1.54) is 16.2 Å². The Hall–Kier alpha value is -3.10. The molecule has 4 rings (SSSR count). The lowest BCUT2D eigenvalue weighted by Gasteiger charge is -2.30. The second-order valence-electron chi connectivity index (χ2n) is 10.6. The summed E-state index contributed by atoms with van der Waals surface area (Å²) < 4.78 is 13.0. The van der Waals surface area contributed by atoms with E-state index in [0.29, 0.717) is 42.1 Å². The molecule has 1 aliphatic carbocycles. The molecule has 1 saturated carbocycles. The number of amides is 1. The molecule has 0 radical (unpaired) electrons. The first kappa shape index (κ1) is 26.9. The van der Waals surface area contributed by atoms with Crippen molar-refractivity contribution >= 4 is 22.8 Å². The third-order valence-corrected chi connectivity index (χ3v) is 8.29. The summed E-state index contributed by atoms with van der Waals surface area (Å²) in [6.07, 6.45) is 7.25. The van der Waals surface area contributed by atoms with Crippen LogP contribution in [0.1, 0.15) is 57.8 Å². The van der Waals surface area contributed by atoms with Gasteiger partial charge in [0, 0.05) is 38.5 Å². The van der Waals surface area contributed by atoms with Gasteiger partial charge < -0.3 is 14.4 Å². The van der Waals surface area contributed by atoms with Gasteiger partial charge in [-0.1, -0.05) is 6.42 Å². The number of benzene rings is 1. The minimum atomic E-state index is -0.313. The van der Waals surface area contributed by atoms with Gasteiger partial charge in [0.25, 0.3) is 5.56 Å².